The number of methoxy groups -OCH3 is 2. The zero-order valence-electron chi connectivity index (χ0n) is 27.9. The lowest BCUT2D eigenvalue weighted by molar-refractivity contribution is -0.146. The second kappa shape index (κ2) is 14.6. The Hall–Kier alpha value is -3.00. The third-order valence-corrected chi connectivity index (χ3v) is 8.68. The molecule has 1 saturated heterocycles. The van der Waals surface area contributed by atoms with E-state index in [2.05, 4.69) is 25.1 Å². The summed E-state index contributed by atoms with van der Waals surface area (Å²) >= 11 is 0. The SMILES string of the molecule is COC(=O)C(COC(C)(C)C)NP(=O)(NC(COC(C)(C)C)C(=O)OC)OC[C@H]1O[C@@H](n2cnc3c(=O)[nH]c(N)nc32)C(C)(O)C1O. The monoisotopic (exact) mass is 691 g/mol. The number of carbonyl (C=O) groups is 2. The summed E-state index contributed by atoms with van der Waals surface area (Å²) in [5.41, 5.74) is 1.51. The number of rotatable bonds is 14. The quantitative estimate of drug-likeness (QED) is 0.110. The molecule has 2 aromatic heterocycles. The molecule has 7 N–H and O–H groups in total. The third-order valence-electron chi connectivity index (χ3n) is 6.87. The van der Waals surface area contributed by atoms with E-state index in [4.69, 9.17) is 33.9 Å². The lowest BCUT2D eigenvalue weighted by Crippen LogP contribution is -2.49. The number of hydrogen-bond donors (Lipinski definition) is 6. The standard InChI is InChI=1S/C27H46N7O12P/c1-25(2,3)43-10-14(21(37)41-8)32-47(40,33-15(22(38)42-9)11-44-26(4,5)6)45-12-16-18(35)27(7,39)23(46-16)34-13-29-17-19(34)30-24(28)31-20(17)36/h13-16,18,23,35,39H,10-12H2,1-9H3,(H2,32,33,40)(H3,28,30,31,36)/t14?,15?,16-,18?,23-,27?,47?/m1/s1. The van der Waals surface area contributed by atoms with Crippen LogP contribution in [-0.2, 0) is 42.4 Å². The van der Waals surface area contributed by atoms with Gasteiger partial charge in [-0.3, -0.25) is 28.5 Å². The number of aromatic nitrogens is 4. The van der Waals surface area contributed by atoms with Crippen molar-refractivity contribution in [1.82, 2.24) is 29.7 Å². The molecule has 0 spiro atoms. The number of aromatic amines is 1. The van der Waals surface area contributed by atoms with Crippen LogP contribution in [0.4, 0.5) is 5.95 Å². The fourth-order valence-corrected chi connectivity index (χ4v) is 6.22. The molecule has 3 heterocycles. The van der Waals surface area contributed by atoms with Gasteiger partial charge in [0.25, 0.3) is 5.56 Å². The molecule has 2 aromatic rings. The molecule has 1 aliphatic rings. The molecule has 266 valence electrons. The number of nitrogens with two attached hydrogens (primary N) is 1. The van der Waals surface area contributed by atoms with Gasteiger partial charge in [0.2, 0.25) is 5.95 Å². The first kappa shape index (κ1) is 38.4. The minimum absolute atomic E-state index is 0.0289. The van der Waals surface area contributed by atoms with E-state index in [1.807, 2.05) is 0 Å². The number of imidazole rings is 1. The van der Waals surface area contributed by atoms with Gasteiger partial charge in [0, 0.05) is 0 Å². The number of ether oxygens (including phenoxy) is 5. The molecule has 0 radical (unpaired) electrons. The summed E-state index contributed by atoms with van der Waals surface area (Å²) in [6.07, 6.45) is -3.19. The van der Waals surface area contributed by atoms with E-state index in [-0.39, 0.29) is 30.3 Å². The van der Waals surface area contributed by atoms with Gasteiger partial charge in [0.1, 0.15) is 29.9 Å². The molecular formula is C27H46N7O12P. The molecule has 0 amide bonds. The first-order valence-electron chi connectivity index (χ1n) is 14.6. The van der Waals surface area contributed by atoms with Gasteiger partial charge in [-0.25, -0.2) is 15.2 Å². The normalized spacial score (nSPS) is 24.5. The van der Waals surface area contributed by atoms with Crippen LogP contribution in [-0.4, -0.2) is 117 Å². The summed E-state index contributed by atoms with van der Waals surface area (Å²) in [4.78, 5) is 48.2. The number of H-pyrrole nitrogens is 1. The first-order valence-corrected chi connectivity index (χ1v) is 16.2. The predicted molar refractivity (Wildman–Crippen MR) is 166 cm³/mol. The van der Waals surface area contributed by atoms with Crippen molar-refractivity contribution in [2.45, 2.75) is 95.8 Å². The zero-order chi connectivity index (χ0) is 35.5. The maximum atomic E-state index is 14.5. The van der Waals surface area contributed by atoms with Crippen molar-refractivity contribution in [3.63, 3.8) is 0 Å². The van der Waals surface area contributed by atoms with Crippen molar-refractivity contribution in [2.24, 2.45) is 0 Å². The largest absolute Gasteiger partial charge is 0.468 e. The van der Waals surface area contributed by atoms with Crippen LogP contribution in [0, 0.1) is 0 Å². The number of aliphatic hydroxyl groups is 2. The molecule has 20 heteroatoms. The van der Waals surface area contributed by atoms with Crippen molar-refractivity contribution in [2.75, 3.05) is 39.8 Å². The number of fused-ring (bicyclic) bond motifs is 1. The van der Waals surface area contributed by atoms with Gasteiger partial charge >= 0.3 is 19.6 Å². The maximum absolute atomic E-state index is 14.5. The van der Waals surface area contributed by atoms with Crippen LogP contribution in [0.3, 0.4) is 0 Å². The van der Waals surface area contributed by atoms with Gasteiger partial charge in [-0.05, 0) is 48.5 Å². The van der Waals surface area contributed by atoms with Gasteiger partial charge in [-0.1, -0.05) is 0 Å². The van der Waals surface area contributed by atoms with Gasteiger partial charge in [-0.2, -0.15) is 4.98 Å². The Morgan fingerprint density at radius 3 is 2.09 bits per heavy atom. The summed E-state index contributed by atoms with van der Waals surface area (Å²) in [5, 5.41) is 27.6. The molecule has 0 bridgehead atoms. The Labute approximate surface area is 271 Å². The zero-order valence-corrected chi connectivity index (χ0v) is 28.8. The van der Waals surface area contributed by atoms with Crippen LogP contribution < -0.4 is 21.5 Å². The highest BCUT2D eigenvalue weighted by molar-refractivity contribution is 7.54. The maximum Gasteiger partial charge on any atom is 0.342 e. The highest BCUT2D eigenvalue weighted by Crippen LogP contribution is 2.44. The van der Waals surface area contributed by atoms with E-state index in [9.17, 15) is 29.2 Å². The van der Waals surface area contributed by atoms with E-state index in [1.165, 1.54) is 17.8 Å². The number of nitrogens with zero attached hydrogens (tertiary/aromatic N) is 3. The minimum atomic E-state index is -4.51. The Kier molecular flexibility index (Phi) is 12.0. The average Bonchev–Trinajstić information content (AvgIpc) is 3.48. The van der Waals surface area contributed by atoms with Crippen molar-refractivity contribution >= 4 is 36.7 Å². The van der Waals surface area contributed by atoms with Crippen LogP contribution >= 0.6 is 7.67 Å². The molecular weight excluding hydrogens is 645 g/mol. The number of carbonyl (C=O) groups excluding carboxylic acids is 2. The fraction of sp³-hybridized carbons (Fsp3) is 0.741. The summed E-state index contributed by atoms with van der Waals surface area (Å²) < 4.78 is 48.6. The molecule has 0 saturated carbocycles. The van der Waals surface area contributed by atoms with Crippen LogP contribution in [0.1, 0.15) is 54.7 Å². The molecule has 1 aliphatic heterocycles. The molecule has 0 aliphatic carbocycles. The van der Waals surface area contributed by atoms with E-state index in [0.29, 0.717) is 0 Å². The molecule has 19 nitrogen and oxygen atoms in total. The number of esters is 2. The molecule has 4 unspecified atom stereocenters. The van der Waals surface area contributed by atoms with E-state index < -0.39 is 79.1 Å². The smallest absolute Gasteiger partial charge is 0.342 e. The second-order valence-corrected chi connectivity index (χ2v) is 15.0. The average molecular weight is 692 g/mol. The number of nitrogen functional groups attached to an aromatic ring is 1. The lowest BCUT2D eigenvalue weighted by Gasteiger charge is -2.31. The number of aliphatic hydroxyl groups excluding tert-OH is 1. The number of nitrogens with one attached hydrogen (secondary N) is 3. The van der Waals surface area contributed by atoms with E-state index in [1.54, 1.807) is 41.5 Å². The Morgan fingerprint density at radius 1 is 1.11 bits per heavy atom. The lowest BCUT2D eigenvalue weighted by atomic mass is 9.96. The van der Waals surface area contributed by atoms with Crippen LogP contribution in [0.2, 0.25) is 0 Å². The summed E-state index contributed by atoms with van der Waals surface area (Å²) in [7, 11) is -2.25. The molecule has 0 aromatic carbocycles. The third kappa shape index (κ3) is 9.77. The van der Waals surface area contributed by atoms with E-state index in [0.717, 1.165) is 14.2 Å². The van der Waals surface area contributed by atoms with Gasteiger partial charge in [0.15, 0.2) is 17.4 Å². The van der Waals surface area contributed by atoms with E-state index >= 15 is 0 Å². The molecule has 1 fully saturated rings. The highest BCUT2D eigenvalue weighted by atomic mass is 31.2. The van der Waals surface area contributed by atoms with Gasteiger partial charge in [-0.15, -0.1) is 0 Å². The summed E-state index contributed by atoms with van der Waals surface area (Å²) in [5.74, 6) is -1.92. The fourth-order valence-electron chi connectivity index (χ4n) is 4.46. The first-order chi connectivity index (χ1) is 21.6. The Balaban J connectivity index is 1.94. The second-order valence-electron chi connectivity index (χ2n) is 13.1. The topological polar surface area (TPSA) is 261 Å². The molecule has 3 rings (SSSR count). The van der Waals surface area contributed by atoms with Crippen LogP contribution in [0.25, 0.3) is 11.2 Å². The number of hydrogen-bond acceptors (Lipinski definition) is 15. The van der Waals surface area contributed by atoms with Gasteiger partial charge in [0.05, 0.1) is 51.6 Å². The minimum Gasteiger partial charge on any atom is -0.468 e. The van der Waals surface area contributed by atoms with Crippen molar-refractivity contribution < 1.29 is 52.6 Å². The summed E-state index contributed by atoms with van der Waals surface area (Å²) in [6.45, 7) is 10.5. The van der Waals surface area contributed by atoms with Gasteiger partial charge < -0.3 is 44.2 Å². The highest BCUT2D eigenvalue weighted by Gasteiger charge is 2.54. The molecule has 6 atom stereocenters. The van der Waals surface area contributed by atoms with Crippen molar-refractivity contribution in [3.8, 4) is 0 Å². The summed E-state index contributed by atoms with van der Waals surface area (Å²) in [6, 6.07) is -2.73. The van der Waals surface area contributed by atoms with Crippen molar-refractivity contribution in [3.05, 3.63) is 16.7 Å². The molecule has 47 heavy (non-hydrogen) atoms. The van der Waals surface area contributed by atoms with Crippen LogP contribution in [0.15, 0.2) is 11.1 Å². The van der Waals surface area contributed by atoms with Crippen molar-refractivity contribution in [1.29, 1.82) is 0 Å². The van der Waals surface area contributed by atoms with Crippen LogP contribution in [0.5, 0.6) is 0 Å². The number of anilines is 1. The predicted octanol–water partition coefficient (Wildman–Crippen LogP) is -0.272. The Bertz CT molecular complexity index is 1470. The Morgan fingerprint density at radius 2 is 1.62 bits per heavy atom.